The summed E-state index contributed by atoms with van der Waals surface area (Å²) < 4.78 is 11.1. The lowest BCUT2D eigenvalue weighted by atomic mass is 10.1. The molecule has 0 bridgehead atoms. The van der Waals surface area contributed by atoms with E-state index in [-0.39, 0.29) is 5.41 Å². The molecule has 2 aliphatic carbocycles. The van der Waals surface area contributed by atoms with Gasteiger partial charge in [0.2, 0.25) is 5.89 Å². The first-order valence-electron chi connectivity index (χ1n) is 7.58. The van der Waals surface area contributed by atoms with Crippen molar-refractivity contribution in [1.29, 1.82) is 0 Å². The van der Waals surface area contributed by atoms with Gasteiger partial charge in [-0.15, -0.1) is 0 Å². The van der Waals surface area contributed by atoms with Crippen LogP contribution in [0.4, 0.5) is 5.95 Å². The Hall–Kier alpha value is -2.04. The van der Waals surface area contributed by atoms with Gasteiger partial charge in [0.1, 0.15) is 5.75 Å². The molecule has 0 unspecified atom stereocenters. The minimum atomic E-state index is 0.218. The summed E-state index contributed by atoms with van der Waals surface area (Å²) in [5.41, 5.74) is 0.218. The first-order valence-corrected chi connectivity index (χ1v) is 7.58. The fourth-order valence-corrected chi connectivity index (χ4v) is 2.37. The summed E-state index contributed by atoms with van der Waals surface area (Å²) in [6.45, 7) is 1.57. The smallest absolute Gasteiger partial charge is 0.263 e. The minimum Gasteiger partial charge on any atom is -0.493 e. The van der Waals surface area contributed by atoms with Gasteiger partial charge in [-0.25, -0.2) is 0 Å². The maximum atomic E-state index is 5.87. The maximum absolute atomic E-state index is 5.87. The number of nitrogens with one attached hydrogen (secondary N) is 1. The monoisotopic (exact) mass is 285 g/mol. The average molecular weight is 285 g/mol. The molecule has 1 N–H and O–H groups in total. The van der Waals surface area contributed by atoms with Crippen LogP contribution in [-0.4, -0.2) is 23.3 Å². The third-order valence-corrected chi connectivity index (χ3v) is 4.24. The van der Waals surface area contributed by atoms with Crippen molar-refractivity contribution >= 4 is 5.95 Å². The van der Waals surface area contributed by atoms with Crippen molar-refractivity contribution in [1.82, 2.24) is 10.1 Å². The van der Waals surface area contributed by atoms with Gasteiger partial charge < -0.3 is 14.6 Å². The topological polar surface area (TPSA) is 60.2 Å². The Balaban J connectivity index is 1.29. The molecule has 0 aliphatic heterocycles. The van der Waals surface area contributed by atoms with Gasteiger partial charge in [0.15, 0.2) is 0 Å². The molecule has 5 nitrogen and oxygen atoms in total. The number of ether oxygens (including phenoxy) is 1. The Kier molecular flexibility index (Phi) is 3.05. The molecule has 1 heterocycles. The molecule has 0 amide bonds. The summed E-state index contributed by atoms with van der Waals surface area (Å²) in [6, 6.07) is 9.96. The molecule has 1 aromatic heterocycles. The average Bonchev–Trinajstić information content (AvgIpc) is 3.45. The van der Waals surface area contributed by atoms with Crippen LogP contribution in [0.1, 0.15) is 37.5 Å². The fourth-order valence-electron chi connectivity index (χ4n) is 2.37. The molecule has 0 spiro atoms. The third-order valence-electron chi connectivity index (χ3n) is 4.24. The summed E-state index contributed by atoms with van der Waals surface area (Å²) in [6.07, 6.45) is 4.72. The lowest BCUT2D eigenvalue weighted by Gasteiger charge is -2.16. The van der Waals surface area contributed by atoms with Crippen LogP contribution in [0, 0.1) is 5.41 Å². The first-order chi connectivity index (χ1) is 10.3. The summed E-state index contributed by atoms with van der Waals surface area (Å²) in [7, 11) is 0. The van der Waals surface area contributed by atoms with E-state index < -0.39 is 0 Å². The SMILES string of the molecule is c1ccc(OCC2(CNc3noc(C4CC4)n3)CC2)cc1. The summed E-state index contributed by atoms with van der Waals surface area (Å²) in [5, 5.41) is 7.28. The highest BCUT2D eigenvalue weighted by molar-refractivity contribution is 5.25. The van der Waals surface area contributed by atoms with Crippen molar-refractivity contribution in [3.05, 3.63) is 36.2 Å². The van der Waals surface area contributed by atoms with Crippen molar-refractivity contribution < 1.29 is 9.26 Å². The molecule has 0 radical (unpaired) electrons. The highest BCUT2D eigenvalue weighted by Gasteiger charge is 2.43. The predicted molar refractivity (Wildman–Crippen MR) is 78.4 cm³/mol. The molecule has 2 aromatic rings. The summed E-state index contributed by atoms with van der Waals surface area (Å²) in [5.74, 6) is 2.83. The second kappa shape index (κ2) is 5.06. The predicted octanol–water partition coefficient (Wildman–Crippen LogP) is 3.22. The van der Waals surface area contributed by atoms with Gasteiger partial charge >= 0.3 is 0 Å². The molecule has 5 heteroatoms. The van der Waals surface area contributed by atoms with Gasteiger partial charge in [-0.05, 0) is 43.0 Å². The number of benzene rings is 1. The number of hydrogen-bond donors (Lipinski definition) is 1. The molecular weight excluding hydrogens is 266 g/mol. The number of nitrogens with zero attached hydrogens (tertiary/aromatic N) is 2. The number of hydrogen-bond acceptors (Lipinski definition) is 5. The van der Waals surface area contributed by atoms with E-state index >= 15 is 0 Å². The quantitative estimate of drug-likeness (QED) is 0.846. The van der Waals surface area contributed by atoms with Crippen LogP contribution in [0.15, 0.2) is 34.9 Å². The molecule has 2 fully saturated rings. The van der Waals surface area contributed by atoms with Gasteiger partial charge in [-0.1, -0.05) is 18.2 Å². The molecule has 2 saturated carbocycles. The maximum Gasteiger partial charge on any atom is 0.263 e. The second-order valence-electron chi connectivity index (χ2n) is 6.19. The Morgan fingerprint density at radius 3 is 2.76 bits per heavy atom. The minimum absolute atomic E-state index is 0.218. The van der Waals surface area contributed by atoms with Gasteiger partial charge in [0, 0.05) is 17.9 Å². The van der Waals surface area contributed by atoms with Gasteiger partial charge in [0.05, 0.1) is 6.61 Å². The molecule has 21 heavy (non-hydrogen) atoms. The normalized spacial score (nSPS) is 19.2. The van der Waals surface area contributed by atoms with E-state index in [1.165, 1.54) is 25.7 Å². The second-order valence-corrected chi connectivity index (χ2v) is 6.19. The lowest BCUT2D eigenvalue weighted by Crippen LogP contribution is -2.23. The van der Waals surface area contributed by atoms with Gasteiger partial charge in [-0.2, -0.15) is 4.98 Å². The zero-order valence-electron chi connectivity index (χ0n) is 11.9. The number of aromatic nitrogens is 2. The molecular formula is C16H19N3O2. The van der Waals surface area contributed by atoms with E-state index in [9.17, 15) is 0 Å². The molecule has 110 valence electrons. The van der Waals surface area contributed by atoms with E-state index in [2.05, 4.69) is 15.5 Å². The van der Waals surface area contributed by atoms with Crippen molar-refractivity contribution in [3.8, 4) is 5.75 Å². The highest BCUT2D eigenvalue weighted by atomic mass is 16.5. The van der Waals surface area contributed by atoms with Crippen molar-refractivity contribution in [3.63, 3.8) is 0 Å². The van der Waals surface area contributed by atoms with Crippen LogP contribution in [0.5, 0.6) is 5.75 Å². The fraction of sp³-hybridized carbons (Fsp3) is 0.500. The van der Waals surface area contributed by atoms with Crippen molar-refractivity contribution in [2.24, 2.45) is 5.41 Å². The molecule has 2 aliphatic rings. The van der Waals surface area contributed by atoms with Crippen LogP contribution in [0.3, 0.4) is 0 Å². The standard InChI is InChI=1S/C16H19N3O2/c1-2-4-13(5-3-1)20-11-16(8-9-16)10-17-15-18-14(21-19-15)12-6-7-12/h1-5,12H,6-11H2,(H,17,19). The van der Waals surface area contributed by atoms with Crippen LogP contribution in [0.25, 0.3) is 0 Å². The Bertz CT molecular complexity index is 603. The summed E-state index contributed by atoms with van der Waals surface area (Å²) >= 11 is 0. The number of para-hydroxylation sites is 1. The van der Waals surface area contributed by atoms with E-state index in [4.69, 9.17) is 9.26 Å². The molecule has 4 rings (SSSR count). The van der Waals surface area contributed by atoms with E-state index in [0.717, 1.165) is 24.8 Å². The van der Waals surface area contributed by atoms with Crippen molar-refractivity contribution in [2.45, 2.75) is 31.6 Å². The summed E-state index contributed by atoms with van der Waals surface area (Å²) in [4.78, 5) is 4.39. The van der Waals surface area contributed by atoms with E-state index in [1.807, 2.05) is 30.3 Å². The third kappa shape index (κ3) is 3.01. The van der Waals surface area contributed by atoms with Crippen LogP contribution in [0.2, 0.25) is 0 Å². The van der Waals surface area contributed by atoms with E-state index in [0.29, 0.717) is 11.9 Å². The van der Waals surface area contributed by atoms with Crippen LogP contribution in [-0.2, 0) is 0 Å². The zero-order chi connectivity index (χ0) is 14.1. The zero-order valence-corrected chi connectivity index (χ0v) is 11.9. The lowest BCUT2D eigenvalue weighted by molar-refractivity contribution is 0.242. The van der Waals surface area contributed by atoms with Gasteiger partial charge in [0.25, 0.3) is 5.95 Å². The Labute approximate surface area is 123 Å². The van der Waals surface area contributed by atoms with Crippen molar-refractivity contribution in [2.75, 3.05) is 18.5 Å². The molecule has 0 saturated heterocycles. The number of anilines is 1. The molecule has 0 atom stereocenters. The first kappa shape index (κ1) is 12.7. The molecule has 1 aromatic carbocycles. The number of rotatable bonds is 7. The van der Waals surface area contributed by atoms with Crippen LogP contribution < -0.4 is 10.1 Å². The van der Waals surface area contributed by atoms with E-state index in [1.54, 1.807) is 0 Å². The Morgan fingerprint density at radius 1 is 1.24 bits per heavy atom. The Morgan fingerprint density at radius 2 is 2.05 bits per heavy atom. The van der Waals surface area contributed by atoms with Crippen LogP contribution >= 0.6 is 0 Å². The largest absolute Gasteiger partial charge is 0.493 e. The van der Waals surface area contributed by atoms with Gasteiger partial charge in [-0.3, -0.25) is 0 Å². The highest BCUT2D eigenvalue weighted by Crippen LogP contribution is 2.46.